The topological polar surface area (TPSA) is 27.3 Å². The van der Waals surface area contributed by atoms with Crippen molar-refractivity contribution in [2.24, 2.45) is 0 Å². The van der Waals surface area contributed by atoms with Crippen LogP contribution in [0.2, 0.25) is 5.02 Å². The molecule has 0 amide bonds. The standard InChI is InChI=1S/C18H19BrClN3S/c19-16-8-5-14(11-17(16)20)22-18(24)21-12-13-3-6-15(7-4-13)23-9-1-2-10-23/h3-8,11H,1-2,9-10,12H2,(H2,21,22,24). The Hall–Kier alpha value is -1.30. The first-order chi connectivity index (χ1) is 11.6. The van der Waals surface area contributed by atoms with Gasteiger partial charge in [0.25, 0.3) is 0 Å². The molecule has 1 saturated heterocycles. The van der Waals surface area contributed by atoms with Crippen molar-refractivity contribution in [2.45, 2.75) is 19.4 Å². The summed E-state index contributed by atoms with van der Waals surface area (Å²) in [4.78, 5) is 2.43. The molecule has 24 heavy (non-hydrogen) atoms. The number of nitrogens with one attached hydrogen (secondary N) is 2. The van der Waals surface area contributed by atoms with Crippen LogP contribution in [0.25, 0.3) is 0 Å². The van der Waals surface area contributed by atoms with E-state index in [9.17, 15) is 0 Å². The number of rotatable bonds is 4. The van der Waals surface area contributed by atoms with Gasteiger partial charge in [-0.25, -0.2) is 0 Å². The summed E-state index contributed by atoms with van der Waals surface area (Å²) in [7, 11) is 0. The first kappa shape index (κ1) is 17.5. The van der Waals surface area contributed by atoms with Gasteiger partial charge in [-0.05, 0) is 76.9 Å². The summed E-state index contributed by atoms with van der Waals surface area (Å²) in [5.41, 5.74) is 3.38. The van der Waals surface area contributed by atoms with E-state index in [1.54, 1.807) is 0 Å². The fourth-order valence-electron chi connectivity index (χ4n) is 2.73. The zero-order chi connectivity index (χ0) is 16.9. The van der Waals surface area contributed by atoms with Crippen molar-refractivity contribution >= 4 is 56.2 Å². The van der Waals surface area contributed by atoms with Crippen molar-refractivity contribution in [2.75, 3.05) is 23.3 Å². The van der Waals surface area contributed by atoms with E-state index in [4.69, 9.17) is 23.8 Å². The summed E-state index contributed by atoms with van der Waals surface area (Å²) >= 11 is 14.8. The lowest BCUT2D eigenvalue weighted by Crippen LogP contribution is -2.27. The van der Waals surface area contributed by atoms with Crippen molar-refractivity contribution in [3.8, 4) is 0 Å². The first-order valence-corrected chi connectivity index (χ1v) is 9.53. The predicted octanol–water partition coefficient (Wildman–Crippen LogP) is 5.19. The minimum atomic E-state index is 0.581. The lowest BCUT2D eigenvalue weighted by Gasteiger charge is -2.18. The van der Waals surface area contributed by atoms with E-state index in [2.05, 4.69) is 55.7 Å². The molecule has 0 bridgehead atoms. The van der Waals surface area contributed by atoms with Crippen molar-refractivity contribution in [3.63, 3.8) is 0 Å². The van der Waals surface area contributed by atoms with Crippen LogP contribution in [0.4, 0.5) is 11.4 Å². The molecular weight excluding hydrogens is 406 g/mol. The molecule has 126 valence electrons. The van der Waals surface area contributed by atoms with Crippen LogP contribution in [0, 0.1) is 0 Å². The average molecular weight is 425 g/mol. The van der Waals surface area contributed by atoms with Crippen molar-refractivity contribution in [1.29, 1.82) is 0 Å². The zero-order valence-corrected chi connectivity index (χ0v) is 16.3. The molecule has 1 heterocycles. The Morgan fingerprint density at radius 1 is 1.12 bits per heavy atom. The van der Waals surface area contributed by atoms with Crippen LogP contribution in [0.3, 0.4) is 0 Å². The lowest BCUT2D eigenvalue weighted by molar-refractivity contribution is 0.921. The van der Waals surface area contributed by atoms with Gasteiger partial charge in [-0.1, -0.05) is 23.7 Å². The normalized spacial score (nSPS) is 13.8. The van der Waals surface area contributed by atoms with Crippen LogP contribution < -0.4 is 15.5 Å². The molecule has 0 spiro atoms. The van der Waals surface area contributed by atoms with Crippen molar-refractivity contribution in [3.05, 3.63) is 57.5 Å². The maximum Gasteiger partial charge on any atom is 0.171 e. The molecule has 0 unspecified atom stereocenters. The van der Waals surface area contributed by atoms with E-state index in [-0.39, 0.29) is 0 Å². The molecule has 0 aliphatic carbocycles. The molecule has 0 aromatic heterocycles. The molecule has 6 heteroatoms. The second-order valence-corrected chi connectivity index (χ2v) is 7.47. The third kappa shape index (κ3) is 4.62. The molecule has 1 aliphatic heterocycles. The molecule has 2 aromatic rings. The molecule has 1 aliphatic rings. The lowest BCUT2D eigenvalue weighted by atomic mass is 10.2. The second-order valence-electron chi connectivity index (χ2n) is 5.80. The number of hydrogen-bond donors (Lipinski definition) is 2. The highest BCUT2D eigenvalue weighted by molar-refractivity contribution is 9.10. The minimum Gasteiger partial charge on any atom is -0.372 e. The third-order valence-corrected chi connectivity index (χ3v) is 5.52. The van der Waals surface area contributed by atoms with E-state index in [0.29, 0.717) is 16.7 Å². The van der Waals surface area contributed by atoms with Crippen molar-refractivity contribution < 1.29 is 0 Å². The number of anilines is 2. The van der Waals surface area contributed by atoms with Gasteiger partial charge < -0.3 is 15.5 Å². The molecule has 0 atom stereocenters. The minimum absolute atomic E-state index is 0.581. The number of hydrogen-bond acceptors (Lipinski definition) is 2. The molecule has 2 aromatic carbocycles. The van der Waals surface area contributed by atoms with Gasteiger partial charge >= 0.3 is 0 Å². The summed E-state index contributed by atoms with van der Waals surface area (Å²) in [6, 6.07) is 14.3. The molecule has 0 saturated carbocycles. The van der Waals surface area contributed by atoms with Gasteiger partial charge in [-0.3, -0.25) is 0 Å². The van der Waals surface area contributed by atoms with E-state index < -0.39 is 0 Å². The summed E-state index contributed by atoms with van der Waals surface area (Å²) in [5.74, 6) is 0. The number of nitrogens with zero attached hydrogens (tertiary/aromatic N) is 1. The molecule has 1 fully saturated rings. The average Bonchev–Trinajstić information content (AvgIpc) is 3.11. The fourth-order valence-corrected chi connectivity index (χ4v) is 3.35. The maximum absolute atomic E-state index is 6.08. The Bertz CT molecular complexity index is 715. The fraction of sp³-hybridized carbons (Fsp3) is 0.278. The molecule has 3 rings (SSSR count). The number of benzene rings is 2. The van der Waals surface area contributed by atoms with Crippen LogP contribution in [0.5, 0.6) is 0 Å². The van der Waals surface area contributed by atoms with E-state index in [1.807, 2.05) is 18.2 Å². The SMILES string of the molecule is S=C(NCc1ccc(N2CCCC2)cc1)Nc1ccc(Br)c(Cl)c1. The molecule has 0 radical (unpaired) electrons. The highest BCUT2D eigenvalue weighted by Gasteiger charge is 2.11. The van der Waals surface area contributed by atoms with Gasteiger partial charge in [-0.15, -0.1) is 0 Å². The zero-order valence-electron chi connectivity index (χ0n) is 13.2. The molecule has 3 nitrogen and oxygen atoms in total. The number of thiocarbonyl (C=S) groups is 1. The van der Waals surface area contributed by atoms with E-state index >= 15 is 0 Å². The summed E-state index contributed by atoms with van der Waals surface area (Å²) < 4.78 is 0.867. The third-order valence-electron chi connectivity index (χ3n) is 4.04. The highest BCUT2D eigenvalue weighted by Crippen LogP contribution is 2.25. The molecule has 2 N–H and O–H groups in total. The van der Waals surface area contributed by atoms with E-state index in [0.717, 1.165) is 10.2 Å². The first-order valence-electron chi connectivity index (χ1n) is 7.95. The van der Waals surface area contributed by atoms with Gasteiger partial charge in [0.1, 0.15) is 0 Å². The Labute approximate surface area is 161 Å². The van der Waals surface area contributed by atoms with Gasteiger partial charge in [0.2, 0.25) is 0 Å². The Morgan fingerprint density at radius 2 is 1.83 bits per heavy atom. The van der Waals surface area contributed by atoms with Crippen LogP contribution in [-0.4, -0.2) is 18.2 Å². The van der Waals surface area contributed by atoms with Gasteiger partial charge in [0.15, 0.2) is 5.11 Å². The van der Waals surface area contributed by atoms with E-state index in [1.165, 1.54) is 37.2 Å². The molecular formula is C18H19BrClN3S. The van der Waals surface area contributed by atoms with Gasteiger partial charge in [0.05, 0.1) is 5.02 Å². The largest absolute Gasteiger partial charge is 0.372 e. The Morgan fingerprint density at radius 3 is 2.50 bits per heavy atom. The van der Waals surface area contributed by atoms with Gasteiger partial charge in [-0.2, -0.15) is 0 Å². The Balaban J connectivity index is 1.51. The second kappa shape index (κ2) is 8.19. The highest BCUT2D eigenvalue weighted by atomic mass is 79.9. The van der Waals surface area contributed by atoms with Crippen LogP contribution in [0.15, 0.2) is 46.9 Å². The van der Waals surface area contributed by atoms with Crippen molar-refractivity contribution in [1.82, 2.24) is 5.32 Å². The summed E-state index contributed by atoms with van der Waals surface area (Å²) in [6.07, 6.45) is 2.59. The smallest absolute Gasteiger partial charge is 0.171 e. The van der Waals surface area contributed by atoms with Crippen LogP contribution >= 0.6 is 39.7 Å². The Kier molecular flexibility index (Phi) is 5.98. The van der Waals surface area contributed by atoms with Crippen LogP contribution in [0.1, 0.15) is 18.4 Å². The quantitative estimate of drug-likeness (QED) is 0.661. The predicted molar refractivity (Wildman–Crippen MR) is 110 cm³/mol. The van der Waals surface area contributed by atoms with Crippen LogP contribution in [-0.2, 0) is 6.54 Å². The summed E-state index contributed by atoms with van der Waals surface area (Å²) in [5, 5.41) is 7.60. The number of halogens is 2. The maximum atomic E-state index is 6.08. The summed E-state index contributed by atoms with van der Waals surface area (Å²) in [6.45, 7) is 3.03. The van der Waals surface area contributed by atoms with Gasteiger partial charge in [0, 0.05) is 35.5 Å². The monoisotopic (exact) mass is 423 g/mol.